The number of aromatic carboxylic acids is 4. The van der Waals surface area contributed by atoms with Crippen LogP contribution in [-0.4, -0.2) is 166 Å². The summed E-state index contributed by atoms with van der Waals surface area (Å²) < 4.78 is 81.7. The zero-order chi connectivity index (χ0) is 107. The summed E-state index contributed by atoms with van der Waals surface area (Å²) in [5.74, 6) is -9.12. The Hall–Kier alpha value is -16.7. The summed E-state index contributed by atoms with van der Waals surface area (Å²) >= 11 is 0. The van der Waals surface area contributed by atoms with Gasteiger partial charge in [0, 0.05) is 99.2 Å². The Labute approximate surface area is 826 Å². The number of carboxylic acids is 4. The molecule has 0 saturated carbocycles. The van der Waals surface area contributed by atoms with Crippen molar-refractivity contribution in [2.24, 2.45) is 0 Å². The molecule has 0 saturated heterocycles. The summed E-state index contributed by atoms with van der Waals surface area (Å²) in [4.78, 5) is 155. The number of pyridine rings is 4. The minimum Gasteiger partial charge on any atom is -0.478 e. The van der Waals surface area contributed by atoms with Crippen molar-refractivity contribution in [3.63, 3.8) is 0 Å². The van der Waals surface area contributed by atoms with Gasteiger partial charge in [-0.3, -0.25) is 39.1 Å². The van der Waals surface area contributed by atoms with Gasteiger partial charge in [-0.05, 0) is 325 Å². The number of anilines is 4. The third-order valence-corrected chi connectivity index (χ3v) is 19.1. The first-order chi connectivity index (χ1) is 67.5. The highest BCUT2D eigenvalue weighted by Gasteiger charge is 2.23. The van der Waals surface area contributed by atoms with E-state index in [9.17, 15) is 70.7 Å². The van der Waals surface area contributed by atoms with E-state index in [1.807, 2.05) is 93.5 Å². The molecular formula is C108H117F3N8O24. The van der Waals surface area contributed by atoms with Crippen molar-refractivity contribution < 1.29 is 129 Å². The van der Waals surface area contributed by atoms with Crippen molar-refractivity contribution in [1.29, 1.82) is 0 Å². The number of esters is 4. The molecule has 0 atom stereocenters. The lowest BCUT2D eigenvalue weighted by Gasteiger charge is -2.15. The summed E-state index contributed by atoms with van der Waals surface area (Å²) in [5.41, 5.74) is 17.5. The van der Waals surface area contributed by atoms with Crippen LogP contribution < -0.4 is 30.7 Å². The van der Waals surface area contributed by atoms with Gasteiger partial charge in [-0.2, -0.15) is 0 Å². The number of halogens is 3. The predicted molar refractivity (Wildman–Crippen MR) is 533 cm³/mol. The van der Waals surface area contributed by atoms with Crippen LogP contribution in [-0.2, 0) is 28.4 Å². The molecule has 12 aromatic rings. The predicted octanol–water partition coefficient (Wildman–Crippen LogP) is 20.9. The lowest BCUT2D eigenvalue weighted by molar-refractivity contribution is 0.0475. The van der Waals surface area contributed by atoms with E-state index in [-0.39, 0.29) is 96.4 Å². The number of aryl methyl sites for hydroxylation is 16. The van der Waals surface area contributed by atoms with Gasteiger partial charge in [0.05, 0.1) is 70.9 Å². The van der Waals surface area contributed by atoms with Gasteiger partial charge in [-0.25, -0.2) is 51.5 Å². The van der Waals surface area contributed by atoms with Crippen LogP contribution in [0.4, 0.5) is 35.9 Å². The Bertz CT molecular complexity index is 6190. The number of aromatic nitrogens is 4. The molecule has 0 unspecified atom stereocenters. The first-order valence-corrected chi connectivity index (χ1v) is 44.3. The van der Waals surface area contributed by atoms with E-state index >= 15 is 0 Å². The van der Waals surface area contributed by atoms with E-state index in [4.69, 9.17) is 58.3 Å². The number of ether oxygens (including phenoxy) is 8. The molecule has 754 valence electrons. The van der Waals surface area contributed by atoms with Crippen LogP contribution in [0.15, 0.2) is 188 Å². The Balaban J connectivity index is 0.000000294. The van der Waals surface area contributed by atoms with E-state index in [0.29, 0.717) is 68.3 Å². The minimum absolute atomic E-state index is 0.00690. The molecule has 8 aromatic carbocycles. The maximum absolute atomic E-state index is 14.2. The standard InChI is InChI=1S/C20H22FNO5.C18H18FNO3.C17H17FN2O3.C17H18N2O3.C11H14O4.C9H10O2.2C8H9NO2/c1-5-26-20(24)15-7-6-14(10-17(15)21)22-19(23)16-9-12(2)8-13(3)18(16)27-11-25-4;1-4-23-18(22)15-6-5-14(10-16(15)19)20-17(21)13-8-11(2)7-12(3)9-13;1-4-23-17(22)14-6-5-13(9-15(14)18)20-16(21)12-7-10(2)19-11(3)8-12;1-4-22-17(21)13-5-7-15(8-6-13)19-16(20)14-9-11(2)18-12(3)10-14;1-7-4-8(2)10(15-6-14-3)9(5-7)11(12)13;1-6-3-7(2)5-8(4-6)9(10)11;2*1-5-3-7(8(10)11)4-6(2)9-5/h6-10H,5,11H2,1-4H3,(H,22,23);5-10H,4H2,1-3H3,(H,20,21);5-9H,4H2,1-3H3,(H,20,21);5-10H,4H2,1-3H3,(H,19,20);4-5H,6H2,1-3H3,(H,12,13);3-5H,1-2H3,(H,10,11);2*3-4H,1-2H3,(H,10,11). The number of hydrogen-bond donors (Lipinski definition) is 8. The molecular weight excluding hydrogens is 1850 g/mol. The van der Waals surface area contributed by atoms with E-state index in [0.717, 1.165) is 108 Å². The second-order valence-electron chi connectivity index (χ2n) is 31.9. The number of benzene rings is 8. The monoisotopic (exact) mass is 1970 g/mol. The Morgan fingerprint density at radius 3 is 0.790 bits per heavy atom. The topological polar surface area (TPSA) is 459 Å². The average Bonchev–Trinajstić information content (AvgIpc) is 0.814. The fourth-order valence-corrected chi connectivity index (χ4v) is 13.5. The number of carboxylic acid groups (broad SMARTS) is 4. The highest BCUT2D eigenvalue weighted by molar-refractivity contribution is 6.08. The third-order valence-electron chi connectivity index (χ3n) is 19.1. The van der Waals surface area contributed by atoms with E-state index in [1.54, 1.807) is 178 Å². The molecule has 35 heteroatoms. The molecule has 143 heavy (non-hydrogen) atoms. The normalized spacial score (nSPS) is 10.1. The Morgan fingerprint density at radius 2 is 0.503 bits per heavy atom. The number of nitrogens with zero attached hydrogens (tertiary/aromatic N) is 4. The first-order valence-electron chi connectivity index (χ1n) is 44.3. The van der Waals surface area contributed by atoms with Crippen LogP contribution in [0.1, 0.15) is 242 Å². The second-order valence-corrected chi connectivity index (χ2v) is 31.9. The summed E-state index contributed by atoms with van der Waals surface area (Å²) in [6.45, 7) is 36.8. The lowest BCUT2D eigenvalue weighted by atomic mass is 10.0. The van der Waals surface area contributed by atoms with Crippen molar-refractivity contribution >= 4 is 94.1 Å². The number of nitrogens with one attached hydrogen (secondary N) is 4. The molecule has 0 aliphatic heterocycles. The average molecular weight is 1970 g/mol. The van der Waals surface area contributed by atoms with Crippen molar-refractivity contribution in [3.05, 3.63) is 362 Å². The molecule has 0 fully saturated rings. The molecule has 0 aliphatic rings. The fourth-order valence-electron chi connectivity index (χ4n) is 13.5. The molecule has 8 N–H and O–H groups in total. The molecule has 12 rings (SSSR count). The maximum Gasteiger partial charge on any atom is 0.341 e. The molecule has 0 aliphatic carbocycles. The van der Waals surface area contributed by atoms with Gasteiger partial charge in [-0.15, -0.1) is 0 Å². The number of hydrogen-bond acceptors (Lipinski definition) is 24. The van der Waals surface area contributed by atoms with Crippen LogP contribution in [0.5, 0.6) is 11.5 Å². The second kappa shape index (κ2) is 57.6. The zero-order valence-electron chi connectivity index (χ0n) is 83.5. The van der Waals surface area contributed by atoms with E-state index in [1.165, 1.54) is 50.6 Å². The van der Waals surface area contributed by atoms with E-state index < -0.39 is 65.1 Å². The Morgan fingerprint density at radius 1 is 0.259 bits per heavy atom. The smallest absolute Gasteiger partial charge is 0.341 e. The molecule has 0 spiro atoms. The number of methoxy groups -OCH3 is 2. The molecule has 4 aromatic heterocycles. The minimum atomic E-state index is -0.993. The van der Waals surface area contributed by atoms with Crippen LogP contribution in [0, 0.1) is 128 Å². The number of rotatable bonds is 26. The SMILES string of the molecule is CCOC(=O)c1ccc(NC(=O)c2cc(C)cc(C)c2)cc1F.CCOC(=O)c1ccc(NC(=O)c2cc(C)cc(C)c2OCOC)cc1F.CCOC(=O)c1ccc(NC(=O)c2cc(C)nc(C)c2)cc1.CCOC(=O)c1ccc(NC(=O)c2cc(C)nc(C)c2)cc1F.COCOc1c(C)cc(C)cc1C(=O)O.Cc1cc(C(=O)O)cc(C)n1.Cc1cc(C(=O)O)cc(C)n1.Cc1cc(C)cc(C(=O)O)c1. The molecule has 0 radical (unpaired) electrons. The van der Waals surface area contributed by atoms with Gasteiger partial charge in [0.15, 0.2) is 13.6 Å². The quantitative estimate of drug-likeness (QED) is 0.0142. The summed E-state index contributed by atoms with van der Waals surface area (Å²) in [5, 5.41) is 45.5. The lowest BCUT2D eigenvalue weighted by Crippen LogP contribution is -2.16. The largest absolute Gasteiger partial charge is 0.478 e. The van der Waals surface area contributed by atoms with Gasteiger partial charge in [-0.1, -0.05) is 46.5 Å². The third kappa shape index (κ3) is 39.3. The summed E-state index contributed by atoms with van der Waals surface area (Å²) in [6, 6.07) is 48.8. The fraction of sp³-hybridized carbons (Fsp3) is 0.259. The van der Waals surface area contributed by atoms with Crippen LogP contribution in [0.3, 0.4) is 0 Å². The van der Waals surface area contributed by atoms with Crippen molar-refractivity contribution in [2.75, 3.05) is 75.5 Å². The van der Waals surface area contributed by atoms with Gasteiger partial charge in [0.2, 0.25) is 0 Å². The summed E-state index contributed by atoms with van der Waals surface area (Å²) in [6.07, 6.45) is 0. The van der Waals surface area contributed by atoms with Crippen LogP contribution >= 0.6 is 0 Å². The number of carbonyl (C=O) groups excluding carboxylic acids is 8. The van der Waals surface area contributed by atoms with Crippen molar-refractivity contribution in [2.45, 2.75) is 138 Å². The molecule has 0 bridgehead atoms. The number of carbonyl (C=O) groups is 12. The van der Waals surface area contributed by atoms with Crippen molar-refractivity contribution in [3.8, 4) is 11.5 Å². The highest BCUT2D eigenvalue weighted by Crippen LogP contribution is 2.30. The van der Waals surface area contributed by atoms with Gasteiger partial charge in [0.25, 0.3) is 23.6 Å². The highest BCUT2D eigenvalue weighted by atomic mass is 19.1. The molecule has 4 heterocycles. The summed E-state index contributed by atoms with van der Waals surface area (Å²) in [7, 11) is 2.97. The number of amides is 4. The zero-order valence-corrected chi connectivity index (χ0v) is 83.5. The van der Waals surface area contributed by atoms with Gasteiger partial charge in [0.1, 0.15) is 34.5 Å². The Kier molecular flexibility index (Phi) is 47.1. The van der Waals surface area contributed by atoms with E-state index in [2.05, 4.69) is 41.2 Å². The van der Waals surface area contributed by atoms with Crippen LogP contribution in [0.25, 0.3) is 0 Å². The molecule has 4 amide bonds. The first kappa shape index (κ1) is 117. The van der Waals surface area contributed by atoms with Gasteiger partial charge < -0.3 is 79.6 Å². The van der Waals surface area contributed by atoms with Crippen molar-refractivity contribution in [1.82, 2.24) is 19.9 Å². The van der Waals surface area contributed by atoms with Crippen LogP contribution in [0.2, 0.25) is 0 Å². The molecule has 32 nitrogen and oxygen atoms in total. The maximum atomic E-state index is 14.2. The van der Waals surface area contributed by atoms with Gasteiger partial charge >= 0.3 is 47.8 Å².